The van der Waals surface area contributed by atoms with Gasteiger partial charge in [0, 0.05) is 11.6 Å². The fourth-order valence-electron chi connectivity index (χ4n) is 2.52. The first-order valence-corrected chi connectivity index (χ1v) is 7.53. The topological polar surface area (TPSA) is 60.2 Å². The molecular formula is C15H17ClN4O2. The maximum atomic E-state index is 12.6. The number of hydrogen-bond acceptors (Lipinski definition) is 4. The van der Waals surface area contributed by atoms with Gasteiger partial charge in [-0.15, -0.1) is 0 Å². The molecule has 2 aromatic rings. The van der Waals surface area contributed by atoms with Crippen molar-refractivity contribution in [1.82, 2.24) is 19.7 Å². The molecule has 1 fully saturated rings. The number of morpholine rings is 1. The van der Waals surface area contributed by atoms with Crippen molar-refractivity contribution >= 4 is 17.5 Å². The Morgan fingerprint density at radius 2 is 2.18 bits per heavy atom. The minimum absolute atomic E-state index is 0.0211. The predicted octanol–water partition coefficient (Wildman–Crippen LogP) is 2.09. The van der Waals surface area contributed by atoms with Gasteiger partial charge in [-0.2, -0.15) is 5.10 Å². The maximum absolute atomic E-state index is 12.6. The lowest BCUT2D eigenvalue weighted by molar-refractivity contribution is -0.142. The quantitative estimate of drug-likeness (QED) is 0.869. The molecule has 22 heavy (non-hydrogen) atoms. The van der Waals surface area contributed by atoms with Crippen molar-refractivity contribution in [3.8, 4) is 0 Å². The maximum Gasteiger partial charge on any atom is 0.247 e. The number of carbonyl (C=O) groups excluding carboxylic acids is 1. The van der Waals surface area contributed by atoms with Crippen LogP contribution in [0, 0.1) is 0 Å². The summed E-state index contributed by atoms with van der Waals surface area (Å²) in [5.41, 5.74) is 1.02. The third-order valence-corrected chi connectivity index (χ3v) is 4.06. The van der Waals surface area contributed by atoms with Crippen LogP contribution in [0.15, 0.2) is 36.9 Å². The first-order valence-electron chi connectivity index (χ1n) is 7.15. The summed E-state index contributed by atoms with van der Waals surface area (Å²) in [6.45, 7) is 3.45. The molecule has 1 aromatic carbocycles. The van der Waals surface area contributed by atoms with Crippen LogP contribution in [-0.4, -0.2) is 45.3 Å². The van der Waals surface area contributed by atoms with Crippen LogP contribution in [0.3, 0.4) is 0 Å². The number of hydrogen-bond donors (Lipinski definition) is 0. The third kappa shape index (κ3) is 3.13. The molecule has 0 N–H and O–H groups in total. The molecule has 1 amide bonds. The van der Waals surface area contributed by atoms with Gasteiger partial charge >= 0.3 is 0 Å². The van der Waals surface area contributed by atoms with Gasteiger partial charge in [0.1, 0.15) is 24.8 Å². The zero-order valence-electron chi connectivity index (χ0n) is 12.2. The fraction of sp³-hybridized carbons (Fsp3) is 0.400. The van der Waals surface area contributed by atoms with Crippen molar-refractivity contribution in [3.05, 3.63) is 47.5 Å². The molecule has 1 saturated heterocycles. The van der Waals surface area contributed by atoms with Crippen LogP contribution in [0.4, 0.5) is 0 Å². The molecule has 0 aliphatic carbocycles. The first kappa shape index (κ1) is 15.0. The Bertz CT molecular complexity index is 630. The second-order valence-corrected chi connectivity index (χ2v) is 5.68. The molecule has 2 heterocycles. The summed E-state index contributed by atoms with van der Waals surface area (Å²) in [6.07, 6.45) is 2.86. The number of nitrogens with zero attached hydrogens (tertiary/aromatic N) is 4. The van der Waals surface area contributed by atoms with Crippen LogP contribution in [0.25, 0.3) is 0 Å². The SMILES string of the molecule is C[C@@H](C(=O)N1CCO[C@@H](c2ccc(Cl)cc2)C1)n1cncn1. The zero-order valence-corrected chi connectivity index (χ0v) is 13.0. The van der Waals surface area contributed by atoms with Gasteiger partial charge in [0.05, 0.1) is 13.2 Å². The van der Waals surface area contributed by atoms with Gasteiger partial charge < -0.3 is 9.64 Å². The lowest BCUT2D eigenvalue weighted by atomic mass is 10.1. The summed E-state index contributed by atoms with van der Waals surface area (Å²) in [6, 6.07) is 7.16. The van der Waals surface area contributed by atoms with Crippen molar-refractivity contribution in [2.24, 2.45) is 0 Å². The van der Waals surface area contributed by atoms with Gasteiger partial charge in [-0.1, -0.05) is 23.7 Å². The first-order chi connectivity index (χ1) is 10.6. The average molecular weight is 321 g/mol. The standard InChI is InChI=1S/C15H17ClN4O2/c1-11(20-10-17-9-18-20)15(21)19-6-7-22-14(8-19)12-2-4-13(16)5-3-12/h2-5,9-11,14H,6-8H2,1H3/t11-,14+/m0/s1. The van der Waals surface area contributed by atoms with E-state index in [1.807, 2.05) is 36.1 Å². The summed E-state index contributed by atoms with van der Waals surface area (Å²) in [4.78, 5) is 18.3. The number of benzene rings is 1. The molecule has 0 bridgehead atoms. The van der Waals surface area contributed by atoms with E-state index in [1.165, 1.54) is 6.33 Å². The Hall–Kier alpha value is -1.92. The molecule has 1 aromatic heterocycles. The lowest BCUT2D eigenvalue weighted by Gasteiger charge is -2.34. The molecule has 1 aliphatic rings. The Balaban J connectivity index is 1.70. The smallest absolute Gasteiger partial charge is 0.247 e. The zero-order chi connectivity index (χ0) is 15.5. The average Bonchev–Trinajstić information content (AvgIpc) is 3.09. The van der Waals surface area contributed by atoms with E-state index in [1.54, 1.807) is 11.0 Å². The van der Waals surface area contributed by atoms with Gasteiger partial charge in [-0.05, 0) is 24.6 Å². The number of aromatic nitrogens is 3. The number of carbonyl (C=O) groups is 1. The summed E-state index contributed by atoms with van der Waals surface area (Å²) < 4.78 is 7.35. The largest absolute Gasteiger partial charge is 0.370 e. The molecule has 2 atom stereocenters. The van der Waals surface area contributed by atoms with E-state index in [0.717, 1.165) is 5.56 Å². The van der Waals surface area contributed by atoms with Crippen LogP contribution < -0.4 is 0 Å². The van der Waals surface area contributed by atoms with Gasteiger partial charge in [0.25, 0.3) is 0 Å². The fourth-order valence-corrected chi connectivity index (χ4v) is 2.65. The van der Waals surface area contributed by atoms with E-state index in [4.69, 9.17) is 16.3 Å². The third-order valence-electron chi connectivity index (χ3n) is 3.81. The van der Waals surface area contributed by atoms with E-state index in [9.17, 15) is 4.79 Å². The number of halogens is 1. The second kappa shape index (κ2) is 6.46. The van der Waals surface area contributed by atoms with Crippen LogP contribution in [0.5, 0.6) is 0 Å². The van der Waals surface area contributed by atoms with Gasteiger partial charge in [-0.25, -0.2) is 9.67 Å². The lowest BCUT2D eigenvalue weighted by Crippen LogP contribution is -2.45. The van der Waals surface area contributed by atoms with E-state index in [-0.39, 0.29) is 18.1 Å². The summed E-state index contributed by atoms with van der Waals surface area (Å²) >= 11 is 5.91. The molecule has 0 unspecified atom stereocenters. The van der Waals surface area contributed by atoms with Crippen molar-refractivity contribution in [2.45, 2.75) is 19.1 Å². The summed E-state index contributed by atoms with van der Waals surface area (Å²) in [7, 11) is 0. The molecule has 1 aliphatic heterocycles. The second-order valence-electron chi connectivity index (χ2n) is 5.25. The molecule has 0 saturated carbocycles. The van der Waals surface area contributed by atoms with E-state index < -0.39 is 0 Å². The van der Waals surface area contributed by atoms with Crippen molar-refractivity contribution in [3.63, 3.8) is 0 Å². The summed E-state index contributed by atoms with van der Waals surface area (Å²) in [5, 5.41) is 4.72. The summed E-state index contributed by atoms with van der Waals surface area (Å²) in [5.74, 6) is 0.0211. The molecule has 116 valence electrons. The molecule has 6 nitrogen and oxygen atoms in total. The highest BCUT2D eigenvalue weighted by Gasteiger charge is 2.29. The number of rotatable bonds is 3. The van der Waals surface area contributed by atoms with Crippen LogP contribution >= 0.6 is 11.6 Å². The van der Waals surface area contributed by atoms with Crippen molar-refractivity contribution < 1.29 is 9.53 Å². The highest BCUT2D eigenvalue weighted by atomic mass is 35.5. The highest BCUT2D eigenvalue weighted by molar-refractivity contribution is 6.30. The molecule has 7 heteroatoms. The molecule has 0 radical (unpaired) electrons. The van der Waals surface area contributed by atoms with Crippen LogP contribution in [0.1, 0.15) is 24.6 Å². The van der Waals surface area contributed by atoms with Gasteiger partial charge in [0.15, 0.2) is 0 Å². The van der Waals surface area contributed by atoms with Crippen LogP contribution in [-0.2, 0) is 9.53 Å². The molecule has 0 spiro atoms. The Kier molecular flexibility index (Phi) is 4.40. The highest BCUT2D eigenvalue weighted by Crippen LogP contribution is 2.25. The Labute approximate surface area is 133 Å². The number of ether oxygens (including phenoxy) is 1. The minimum atomic E-state index is -0.369. The normalized spacial score (nSPS) is 19.9. The van der Waals surface area contributed by atoms with Gasteiger partial charge in [-0.3, -0.25) is 4.79 Å². The Morgan fingerprint density at radius 1 is 1.41 bits per heavy atom. The van der Waals surface area contributed by atoms with Crippen molar-refractivity contribution in [2.75, 3.05) is 19.7 Å². The minimum Gasteiger partial charge on any atom is -0.370 e. The monoisotopic (exact) mass is 320 g/mol. The number of amides is 1. The van der Waals surface area contributed by atoms with E-state index in [0.29, 0.717) is 24.7 Å². The van der Waals surface area contributed by atoms with Crippen molar-refractivity contribution in [1.29, 1.82) is 0 Å². The predicted molar refractivity (Wildman–Crippen MR) is 81.5 cm³/mol. The van der Waals surface area contributed by atoms with Crippen LogP contribution in [0.2, 0.25) is 5.02 Å². The Morgan fingerprint density at radius 3 is 2.86 bits per heavy atom. The van der Waals surface area contributed by atoms with Gasteiger partial charge in [0.2, 0.25) is 5.91 Å². The molecule has 3 rings (SSSR count). The van der Waals surface area contributed by atoms with E-state index in [2.05, 4.69) is 10.1 Å². The molecular weight excluding hydrogens is 304 g/mol. The van der Waals surface area contributed by atoms with E-state index >= 15 is 0 Å².